The number of aromatic nitrogens is 2. The maximum absolute atomic E-state index is 11.8. The molecule has 0 radical (unpaired) electrons. The van der Waals surface area contributed by atoms with Crippen LogP contribution in [0.4, 0.5) is 0 Å². The highest BCUT2D eigenvalue weighted by Crippen LogP contribution is 2.06. The highest BCUT2D eigenvalue weighted by atomic mass is 16.5. The molecule has 1 aromatic heterocycles. The zero-order valence-corrected chi connectivity index (χ0v) is 9.56. The molecule has 1 aromatic rings. The predicted octanol–water partition coefficient (Wildman–Crippen LogP) is 1.35. The Bertz CT molecular complexity index is 320. The fourth-order valence-corrected chi connectivity index (χ4v) is 1.51. The normalized spacial score (nSPS) is 12.7. The van der Waals surface area contributed by atoms with E-state index in [0.29, 0.717) is 6.42 Å². The van der Waals surface area contributed by atoms with Crippen molar-refractivity contribution in [3.63, 3.8) is 0 Å². The molecule has 0 aromatic carbocycles. The van der Waals surface area contributed by atoms with Gasteiger partial charge in [0.25, 0.3) is 0 Å². The summed E-state index contributed by atoms with van der Waals surface area (Å²) in [4.78, 5) is 15.9. The summed E-state index contributed by atoms with van der Waals surface area (Å²) in [5.74, 6) is 0.895. The van der Waals surface area contributed by atoms with E-state index in [-0.39, 0.29) is 11.9 Å². The molecule has 0 saturated heterocycles. The van der Waals surface area contributed by atoms with Gasteiger partial charge in [0.15, 0.2) is 5.78 Å². The Hall–Kier alpha value is -1.16. The standard InChI is InChI=1S/C11H18N2O2/c1-4-5-10(15-3)9(14)8-11-12-6-7-13(11)2/h6-7,10H,4-5,8H2,1-3H3. The third kappa shape index (κ3) is 3.16. The lowest BCUT2D eigenvalue weighted by atomic mass is 10.1. The first-order chi connectivity index (χ1) is 7.19. The Kier molecular flexibility index (Phi) is 4.49. The zero-order chi connectivity index (χ0) is 11.3. The molecule has 1 atom stereocenters. The van der Waals surface area contributed by atoms with Crippen LogP contribution in [-0.2, 0) is 23.0 Å². The lowest BCUT2D eigenvalue weighted by Crippen LogP contribution is -2.25. The smallest absolute Gasteiger partial charge is 0.169 e. The van der Waals surface area contributed by atoms with Crippen molar-refractivity contribution in [2.75, 3.05) is 7.11 Å². The molecule has 15 heavy (non-hydrogen) atoms. The van der Waals surface area contributed by atoms with E-state index < -0.39 is 0 Å². The van der Waals surface area contributed by atoms with Gasteiger partial charge in [-0.05, 0) is 6.42 Å². The summed E-state index contributed by atoms with van der Waals surface area (Å²) in [7, 11) is 3.47. The van der Waals surface area contributed by atoms with Gasteiger partial charge < -0.3 is 9.30 Å². The van der Waals surface area contributed by atoms with Crippen LogP contribution < -0.4 is 0 Å². The van der Waals surface area contributed by atoms with Gasteiger partial charge in [-0.25, -0.2) is 4.98 Å². The molecule has 0 fully saturated rings. The van der Waals surface area contributed by atoms with E-state index in [0.717, 1.165) is 18.7 Å². The highest BCUT2D eigenvalue weighted by molar-refractivity contribution is 5.84. The van der Waals surface area contributed by atoms with Crippen molar-refractivity contribution in [3.05, 3.63) is 18.2 Å². The maximum atomic E-state index is 11.8. The molecule has 0 amide bonds. The van der Waals surface area contributed by atoms with Gasteiger partial charge in [0.05, 0.1) is 6.42 Å². The van der Waals surface area contributed by atoms with Crippen LogP contribution in [0, 0.1) is 0 Å². The van der Waals surface area contributed by atoms with Crippen LogP contribution in [0.15, 0.2) is 12.4 Å². The quantitative estimate of drug-likeness (QED) is 0.711. The molecule has 4 heteroatoms. The predicted molar refractivity (Wildman–Crippen MR) is 57.6 cm³/mol. The van der Waals surface area contributed by atoms with Crippen molar-refractivity contribution in [1.29, 1.82) is 0 Å². The number of methoxy groups -OCH3 is 1. The van der Waals surface area contributed by atoms with Gasteiger partial charge in [0.1, 0.15) is 11.9 Å². The first-order valence-corrected chi connectivity index (χ1v) is 5.20. The Labute approximate surface area is 90.3 Å². The summed E-state index contributed by atoms with van der Waals surface area (Å²) < 4.78 is 7.01. The van der Waals surface area contributed by atoms with E-state index in [1.807, 2.05) is 24.7 Å². The van der Waals surface area contributed by atoms with E-state index in [2.05, 4.69) is 4.98 Å². The second-order valence-electron chi connectivity index (χ2n) is 3.61. The average molecular weight is 210 g/mol. The summed E-state index contributed by atoms with van der Waals surface area (Å²) >= 11 is 0. The first-order valence-electron chi connectivity index (χ1n) is 5.20. The van der Waals surface area contributed by atoms with Crippen molar-refractivity contribution in [1.82, 2.24) is 9.55 Å². The van der Waals surface area contributed by atoms with Gasteiger partial charge >= 0.3 is 0 Å². The van der Waals surface area contributed by atoms with Gasteiger partial charge in [0.2, 0.25) is 0 Å². The van der Waals surface area contributed by atoms with Crippen molar-refractivity contribution >= 4 is 5.78 Å². The lowest BCUT2D eigenvalue weighted by Gasteiger charge is -2.12. The summed E-state index contributed by atoms with van der Waals surface area (Å²) in [6.07, 6.45) is 5.33. The first kappa shape index (κ1) is 11.9. The molecule has 0 aliphatic rings. The summed E-state index contributed by atoms with van der Waals surface area (Å²) in [5, 5.41) is 0. The van der Waals surface area contributed by atoms with Crippen LogP contribution in [0.1, 0.15) is 25.6 Å². The number of aryl methyl sites for hydroxylation is 1. The van der Waals surface area contributed by atoms with Crippen LogP contribution in [0.5, 0.6) is 0 Å². The molecule has 4 nitrogen and oxygen atoms in total. The van der Waals surface area contributed by atoms with Gasteiger partial charge in [-0.1, -0.05) is 13.3 Å². The van der Waals surface area contributed by atoms with Crippen LogP contribution >= 0.6 is 0 Å². The largest absolute Gasteiger partial charge is 0.374 e. The number of Topliss-reactive ketones (excluding diaryl/α,β-unsaturated/α-hetero) is 1. The highest BCUT2D eigenvalue weighted by Gasteiger charge is 2.18. The lowest BCUT2D eigenvalue weighted by molar-refractivity contribution is -0.128. The number of carbonyl (C=O) groups excluding carboxylic acids is 1. The molecule has 1 unspecified atom stereocenters. The summed E-state index contributed by atoms with van der Waals surface area (Å²) in [5.41, 5.74) is 0. The molecule has 0 bridgehead atoms. The molecule has 1 heterocycles. The zero-order valence-electron chi connectivity index (χ0n) is 9.56. The third-order valence-corrected chi connectivity index (χ3v) is 2.45. The van der Waals surface area contributed by atoms with Crippen LogP contribution in [0.3, 0.4) is 0 Å². The van der Waals surface area contributed by atoms with E-state index in [1.165, 1.54) is 0 Å². The summed E-state index contributed by atoms with van der Waals surface area (Å²) in [6, 6.07) is 0. The number of carbonyl (C=O) groups is 1. The third-order valence-electron chi connectivity index (χ3n) is 2.45. The minimum atomic E-state index is -0.285. The number of ketones is 1. The summed E-state index contributed by atoms with van der Waals surface area (Å²) in [6.45, 7) is 2.04. The second-order valence-corrected chi connectivity index (χ2v) is 3.61. The van der Waals surface area contributed by atoms with E-state index in [1.54, 1.807) is 13.3 Å². The number of rotatable bonds is 6. The molecule has 0 aliphatic carbocycles. The fourth-order valence-electron chi connectivity index (χ4n) is 1.51. The number of nitrogens with zero attached hydrogens (tertiary/aromatic N) is 2. The van der Waals surface area contributed by atoms with Gasteiger partial charge in [0, 0.05) is 26.6 Å². The van der Waals surface area contributed by atoms with Gasteiger partial charge in [-0.3, -0.25) is 4.79 Å². The second kappa shape index (κ2) is 5.66. The molecule has 0 saturated carbocycles. The average Bonchev–Trinajstić information content (AvgIpc) is 2.60. The maximum Gasteiger partial charge on any atom is 0.169 e. The molecule has 84 valence electrons. The van der Waals surface area contributed by atoms with E-state index >= 15 is 0 Å². The monoisotopic (exact) mass is 210 g/mol. The van der Waals surface area contributed by atoms with Crippen molar-refractivity contribution in [2.45, 2.75) is 32.3 Å². The number of ether oxygens (including phenoxy) is 1. The SMILES string of the molecule is CCCC(OC)C(=O)Cc1nccn1C. The van der Waals surface area contributed by atoms with Crippen molar-refractivity contribution in [3.8, 4) is 0 Å². The minimum absolute atomic E-state index is 0.105. The van der Waals surface area contributed by atoms with Crippen LogP contribution in [0.2, 0.25) is 0 Å². The topological polar surface area (TPSA) is 44.1 Å². The molecule has 1 rings (SSSR count). The molecule has 0 N–H and O–H groups in total. The Morgan fingerprint density at radius 1 is 1.67 bits per heavy atom. The fraction of sp³-hybridized carbons (Fsp3) is 0.636. The Morgan fingerprint density at radius 3 is 2.87 bits per heavy atom. The number of hydrogen-bond acceptors (Lipinski definition) is 3. The van der Waals surface area contributed by atoms with Gasteiger partial charge in [-0.15, -0.1) is 0 Å². The number of imidazole rings is 1. The van der Waals surface area contributed by atoms with E-state index in [9.17, 15) is 4.79 Å². The van der Waals surface area contributed by atoms with Gasteiger partial charge in [-0.2, -0.15) is 0 Å². The molecule has 0 spiro atoms. The Balaban J connectivity index is 2.58. The molecule has 0 aliphatic heterocycles. The number of hydrogen-bond donors (Lipinski definition) is 0. The van der Waals surface area contributed by atoms with Crippen LogP contribution in [-0.4, -0.2) is 28.5 Å². The molecular weight excluding hydrogens is 192 g/mol. The minimum Gasteiger partial charge on any atom is -0.374 e. The Morgan fingerprint density at radius 2 is 2.40 bits per heavy atom. The van der Waals surface area contributed by atoms with Crippen molar-refractivity contribution < 1.29 is 9.53 Å². The van der Waals surface area contributed by atoms with Crippen molar-refractivity contribution in [2.24, 2.45) is 7.05 Å². The molecular formula is C11H18N2O2. The van der Waals surface area contributed by atoms with Crippen LogP contribution in [0.25, 0.3) is 0 Å². The van der Waals surface area contributed by atoms with E-state index in [4.69, 9.17) is 4.74 Å².